The highest BCUT2D eigenvalue weighted by Gasteiger charge is 2.18. The number of likely N-dealkylation sites (N-methyl/N-ethyl adjacent to an activating group) is 1. The molecule has 0 bridgehead atoms. The first-order valence-electron chi connectivity index (χ1n) is 7.29. The van der Waals surface area contributed by atoms with Crippen LogP contribution in [0.4, 0.5) is 5.69 Å². The Morgan fingerprint density at radius 3 is 2.16 bits per heavy atom. The molecule has 1 saturated heterocycles. The maximum Gasteiger partial charge on any atom is 0.0314 e. The zero-order chi connectivity index (χ0) is 14.7. The summed E-state index contributed by atoms with van der Waals surface area (Å²) >= 11 is 0. The molecule has 2 rings (SSSR count). The van der Waals surface area contributed by atoms with Crippen LogP contribution in [0.15, 0.2) is 24.3 Å². The molecule has 1 atom stereocenters. The summed E-state index contributed by atoms with van der Waals surface area (Å²) in [5.41, 5.74) is 7.97. The van der Waals surface area contributed by atoms with E-state index >= 15 is 0 Å². The van der Waals surface area contributed by atoms with Crippen molar-refractivity contribution in [3.63, 3.8) is 0 Å². The Bertz CT molecular complexity index is 308. The van der Waals surface area contributed by atoms with Gasteiger partial charge in [-0.15, -0.1) is 0 Å². The smallest absolute Gasteiger partial charge is 0.0314 e. The number of piperidine rings is 1. The average molecular weight is 265 g/mol. The number of nitrogen functional groups attached to an aromatic ring is 1. The van der Waals surface area contributed by atoms with Gasteiger partial charge in [0.15, 0.2) is 0 Å². The molecule has 3 N–H and O–H groups in total. The molecule has 1 heterocycles. The molecular weight excluding hydrogens is 234 g/mol. The molecule has 19 heavy (non-hydrogen) atoms. The van der Waals surface area contributed by atoms with E-state index in [4.69, 9.17) is 5.73 Å². The lowest BCUT2D eigenvalue weighted by Gasteiger charge is -2.29. The quantitative estimate of drug-likeness (QED) is 0.767. The molecule has 1 aliphatic heterocycles. The minimum absolute atomic E-state index is 0.703. The largest absolute Gasteiger partial charge is 0.399 e. The van der Waals surface area contributed by atoms with Crippen LogP contribution >= 0.6 is 0 Å². The van der Waals surface area contributed by atoms with Crippen LogP contribution in [0.2, 0.25) is 0 Å². The fourth-order valence-corrected chi connectivity index (χ4v) is 2.21. The Kier molecular flexibility index (Phi) is 10.2. The molecule has 0 amide bonds. The van der Waals surface area contributed by atoms with Gasteiger partial charge in [-0.25, -0.2) is 0 Å². The van der Waals surface area contributed by atoms with Crippen molar-refractivity contribution in [1.82, 2.24) is 10.2 Å². The van der Waals surface area contributed by atoms with Gasteiger partial charge in [0.1, 0.15) is 0 Å². The van der Waals surface area contributed by atoms with Crippen molar-refractivity contribution in [3.8, 4) is 0 Å². The predicted molar refractivity (Wildman–Crippen MR) is 86.7 cm³/mol. The van der Waals surface area contributed by atoms with Crippen LogP contribution in [-0.2, 0) is 0 Å². The van der Waals surface area contributed by atoms with Gasteiger partial charge < -0.3 is 16.0 Å². The third kappa shape index (κ3) is 7.19. The van der Waals surface area contributed by atoms with Crippen LogP contribution in [0.5, 0.6) is 0 Å². The molecule has 0 radical (unpaired) electrons. The number of nitrogens with one attached hydrogen (secondary N) is 1. The van der Waals surface area contributed by atoms with Crippen LogP contribution in [-0.4, -0.2) is 39.1 Å². The van der Waals surface area contributed by atoms with Crippen molar-refractivity contribution in [2.45, 2.75) is 32.6 Å². The first-order valence-corrected chi connectivity index (χ1v) is 7.29. The number of likely N-dealkylation sites (tertiary alicyclic amines) is 1. The van der Waals surface area contributed by atoms with Gasteiger partial charge in [-0.1, -0.05) is 26.0 Å². The third-order valence-electron chi connectivity index (χ3n) is 3.03. The number of hydrogen-bond donors (Lipinski definition) is 2. The fraction of sp³-hybridized carbons (Fsp3) is 0.625. The van der Waals surface area contributed by atoms with Gasteiger partial charge in [-0.3, -0.25) is 0 Å². The van der Waals surface area contributed by atoms with E-state index in [0.29, 0.717) is 5.92 Å². The lowest BCUT2D eigenvalue weighted by Crippen LogP contribution is -2.30. The molecule has 1 aliphatic rings. The summed E-state index contributed by atoms with van der Waals surface area (Å²) in [7, 11) is 5.95. The molecular formula is C16H31N3. The number of rotatable bonds is 1. The highest BCUT2D eigenvalue weighted by Crippen LogP contribution is 2.26. The number of nitrogens with zero attached hydrogens (tertiary/aromatic N) is 1. The van der Waals surface area contributed by atoms with Crippen molar-refractivity contribution in [2.75, 3.05) is 40.0 Å². The number of hydrogen-bond acceptors (Lipinski definition) is 3. The molecule has 3 nitrogen and oxygen atoms in total. The van der Waals surface area contributed by atoms with Crippen molar-refractivity contribution < 1.29 is 0 Å². The maximum absolute atomic E-state index is 5.67. The Labute approximate surface area is 119 Å². The molecule has 1 fully saturated rings. The second kappa shape index (κ2) is 10.8. The summed E-state index contributed by atoms with van der Waals surface area (Å²) < 4.78 is 0. The van der Waals surface area contributed by atoms with Crippen molar-refractivity contribution >= 4 is 5.69 Å². The first-order chi connectivity index (χ1) is 9.17. The molecule has 3 heteroatoms. The van der Waals surface area contributed by atoms with Crippen molar-refractivity contribution in [2.24, 2.45) is 0 Å². The summed E-state index contributed by atoms with van der Waals surface area (Å²) in [6, 6.07) is 8.34. The SMILES string of the molecule is CC.CN1CCCC(c2ccc(N)cc2)C1.CNC. The van der Waals surface area contributed by atoms with Gasteiger partial charge in [-0.2, -0.15) is 0 Å². The molecule has 0 saturated carbocycles. The second-order valence-corrected chi connectivity index (χ2v) is 4.77. The molecule has 0 aromatic heterocycles. The van der Waals surface area contributed by atoms with E-state index in [9.17, 15) is 0 Å². The number of anilines is 1. The predicted octanol–water partition coefficient (Wildman–Crippen LogP) is 2.94. The van der Waals surface area contributed by atoms with Crippen LogP contribution in [0.1, 0.15) is 38.2 Å². The monoisotopic (exact) mass is 265 g/mol. The Balaban J connectivity index is 0.000000573. The van der Waals surface area contributed by atoms with Crippen LogP contribution in [0, 0.1) is 0 Å². The highest BCUT2D eigenvalue weighted by atomic mass is 15.1. The van der Waals surface area contributed by atoms with Gasteiger partial charge in [0.25, 0.3) is 0 Å². The topological polar surface area (TPSA) is 41.3 Å². The fourth-order valence-electron chi connectivity index (χ4n) is 2.21. The summed E-state index contributed by atoms with van der Waals surface area (Å²) in [4.78, 5) is 2.41. The minimum atomic E-state index is 0.703. The zero-order valence-corrected chi connectivity index (χ0v) is 13.2. The van der Waals surface area contributed by atoms with Gasteiger partial charge in [-0.05, 0) is 64.1 Å². The average Bonchev–Trinajstić information content (AvgIpc) is 2.43. The van der Waals surface area contributed by atoms with E-state index in [1.165, 1.54) is 31.5 Å². The van der Waals surface area contributed by atoms with Crippen LogP contribution in [0.25, 0.3) is 0 Å². The normalized spacial score (nSPS) is 18.7. The molecule has 1 aromatic carbocycles. The van der Waals surface area contributed by atoms with Gasteiger partial charge >= 0.3 is 0 Å². The first kappa shape index (κ1) is 17.9. The minimum Gasteiger partial charge on any atom is -0.399 e. The van der Waals surface area contributed by atoms with E-state index in [0.717, 1.165) is 5.69 Å². The number of benzene rings is 1. The Morgan fingerprint density at radius 2 is 1.68 bits per heavy atom. The Hall–Kier alpha value is -1.06. The zero-order valence-electron chi connectivity index (χ0n) is 13.2. The molecule has 1 unspecified atom stereocenters. The van der Waals surface area contributed by atoms with Crippen molar-refractivity contribution in [3.05, 3.63) is 29.8 Å². The standard InChI is InChI=1S/C12H18N2.C2H7N.C2H6/c1-14-8-2-3-11(9-14)10-4-6-12(13)7-5-10;1-3-2;1-2/h4-7,11H,2-3,8-9,13H2,1H3;3H,1-2H3;1-2H3. The lowest BCUT2D eigenvalue weighted by molar-refractivity contribution is 0.251. The van der Waals surface area contributed by atoms with E-state index < -0.39 is 0 Å². The third-order valence-corrected chi connectivity index (χ3v) is 3.03. The summed E-state index contributed by atoms with van der Waals surface area (Å²) in [5, 5.41) is 2.75. The van der Waals surface area contributed by atoms with Crippen molar-refractivity contribution in [1.29, 1.82) is 0 Å². The summed E-state index contributed by atoms with van der Waals surface area (Å²) in [6.45, 7) is 6.43. The lowest BCUT2D eigenvalue weighted by atomic mass is 9.91. The highest BCUT2D eigenvalue weighted by molar-refractivity contribution is 5.40. The second-order valence-electron chi connectivity index (χ2n) is 4.77. The van der Waals surface area contributed by atoms with Gasteiger partial charge in [0, 0.05) is 12.2 Å². The molecule has 0 spiro atoms. The van der Waals surface area contributed by atoms with Crippen LogP contribution in [0.3, 0.4) is 0 Å². The Morgan fingerprint density at radius 1 is 1.16 bits per heavy atom. The van der Waals surface area contributed by atoms with E-state index in [-0.39, 0.29) is 0 Å². The summed E-state index contributed by atoms with van der Waals surface area (Å²) in [6.07, 6.45) is 2.62. The van der Waals surface area contributed by atoms with Gasteiger partial charge in [0.2, 0.25) is 0 Å². The van der Waals surface area contributed by atoms with E-state index in [2.05, 4.69) is 29.4 Å². The molecule has 1 aromatic rings. The summed E-state index contributed by atoms with van der Waals surface area (Å²) in [5.74, 6) is 0.703. The number of nitrogens with two attached hydrogens (primary N) is 1. The van der Waals surface area contributed by atoms with Gasteiger partial charge in [0.05, 0.1) is 0 Å². The van der Waals surface area contributed by atoms with E-state index in [1.807, 2.05) is 40.1 Å². The molecule has 0 aliphatic carbocycles. The van der Waals surface area contributed by atoms with Crippen LogP contribution < -0.4 is 11.1 Å². The molecule has 110 valence electrons. The maximum atomic E-state index is 5.67. The van der Waals surface area contributed by atoms with E-state index in [1.54, 1.807) is 0 Å².